The van der Waals surface area contributed by atoms with Gasteiger partial charge in [0.25, 0.3) is 0 Å². The highest BCUT2D eigenvalue weighted by Gasteiger charge is 2.23. The van der Waals surface area contributed by atoms with Crippen molar-refractivity contribution >= 4 is 46.4 Å². The smallest absolute Gasteiger partial charge is 0.222 e. The number of halogens is 1. The average molecular weight is 453 g/mol. The summed E-state index contributed by atoms with van der Waals surface area (Å²) < 4.78 is 0. The van der Waals surface area contributed by atoms with Gasteiger partial charge in [0.05, 0.1) is 20.2 Å². The molecule has 0 spiro atoms. The van der Waals surface area contributed by atoms with E-state index >= 15 is 0 Å². The standard InChI is InChI=1S/C20H13ClN6OS2/c1-11(28)26-16-8-12(6-7-23-16)17-15(9-22)18(19(30-17)20-24-10-25-27-20)29-14-4-2-13(21)3-5-14/h2-8,10H,1H3,(H,23,26,28)(H,24,25,27). The number of benzene rings is 1. The predicted octanol–water partition coefficient (Wildman–Crippen LogP) is 5.23. The highest BCUT2D eigenvalue weighted by atomic mass is 35.5. The Morgan fingerprint density at radius 2 is 2.07 bits per heavy atom. The molecule has 0 saturated carbocycles. The molecule has 4 aromatic rings. The predicted molar refractivity (Wildman–Crippen MR) is 118 cm³/mol. The highest BCUT2D eigenvalue weighted by molar-refractivity contribution is 7.99. The summed E-state index contributed by atoms with van der Waals surface area (Å²) in [5.41, 5.74) is 1.30. The van der Waals surface area contributed by atoms with Crippen LogP contribution in [0.4, 0.5) is 5.82 Å². The van der Waals surface area contributed by atoms with Crippen molar-refractivity contribution in [3.05, 3.63) is 59.5 Å². The van der Waals surface area contributed by atoms with Gasteiger partial charge in [0, 0.05) is 23.0 Å². The SMILES string of the molecule is CC(=O)Nc1cc(-c2sc(-c3nnc[nH]3)c(Sc3ccc(Cl)cc3)c2C#N)ccn1. The van der Waals surface area contributed by atoms with Crippen molar-refractivity contribution in [1.29, 1.82) is 5.26 Å². The van der Waals surface area contributed by atoms with Crippen LogP contribution in [-0.2, 0) is 4.79 Å². The van der Waals surface area contributed by atoms with Gasteiger partial charge in [-0.05, 0) is 42.0 Å². The molecule has 0 unspecified atom stereocenters. The first-order chi connectivity index (χ1) is 14.5. The Balaban J connectivity index is 1.85. The van der Waals surface area contributed by atoms with Gasteiger partial charge in [0.2, 0.25) is 5.91 Å². The third kappa shape index (κ3) is 4.21. The van der Waals surface area contributed by atoms with Gasteiger partial charge < -0.3 is 10.3 Å². The topological polar surface area (TPSA) is 107 Å². The van der Waals surface area contributed by atoms with Crippen molar-refractivity contribution in [2.24, 2.45) is 0 Å². The summed E-state index contributed by atoms with van der Waals surface area (Å²) in [7, 11) is 0. The van der Waals surface area contributed by atoms with Crippen LogP contribution in [0.25, 0.3) is 21.1 Å². The van der Waals surface area contributed by atoms with Crippen LogP contribution >= 0.6 is 34.7 Å². The summed E-state index contributed by atoms with van der Waals surface area (Å²) in [5, 5.41) is 21.3. The molecule has 30 heavy (non-hydrogen) atoms. The summed E-state index contributed by atoms with van der Waals surface area (Å²) >= 11 is 8.89. The first kappa shape index (κ1) is 20.1. The lowest BCUT2D eigenvalue weighted by molar-refractivity contribution is -0.114. The summed E-state index contributed by atoms with van der Waals surface area (Å²) in [6, 6.07) is 13.3. The van der Waals surface area contributed by atoms with Crippen LogP contribution in [0.2, 0.25) is 5.02 Å². The molecule has 0 aliphatic heterocycles. The number of aromatic amines is 1. The molecule has 2 N–H and O–H groups in total. The van der Waals surface area contributed by atoms with Gasteiger partial charge in [-0.2, -0.15) is 5.26 Å². The lowest BCUT2D eigenvalue weighted by atomic mass is 10.1. The van der Waals surface area contributed by atoms with E-state index in [0.717, 1.165) is 25.1 Å². The van der Waals surface area contributed by atoms with Crippen LogP contribution < -0.4 is 5.32 Å². The summed E-state index contributed by atoms with van der Waals surface area (Å²) in [4.78, 5) is 21.8. The van der Waals surface area contributed by atoms with Crippen LogP contribution in [0.15, 0.2) is 58.7 Å². The number of nitrogens with zero attached hydrogens (tertiary/aromatic N) is 4. The Hall–Kier alpha value is -3.19. The second-order valence-electron chi connectivity index (χ2n) is 6.08. The molecular formula is C20H13ClN6OS2. The molecule has 0 aliphatic rings. The summed E-state index contributed by atoms with van der Waals surface area (Å²) in [5.74, 6) is 0.786. The van der Waals surface area contributed by atoms with E-state index in [9.17, 15) is 10.1 Å². The molecule has 0 aliphatic carbocycles. The zero-order chi connectivity index (χ0) is 21.1. The van der Waals surface area contributed by atoms with E-state index in [-0.39, 0.29) is 5.91 Å². The van der Waals surface area contributed by atoms with Crippen molar-refractivity contribution < 1.29 is 4.79 Å². The zero-order valence-corrected chi connectivity index (χ0v) is 17.9. The minimum absolute atomic E-state index is 0.215. The number of thiophene rings is 1. The molecule has 148 valence electrons. The van der Waals surface area contributed by atoms with Gasteiger partial charge in [-0.3, -0.25) is 4.79 Å². The van der Waals surface area contributed by atoms with Gasteiger partial charge in [-0.15, -0.1) is 21.5 Å². The van der Waals surface area contributed by atoms with Crippen molar-refractivity contribution in [2.45, 2.75) is 16.7 Å². The van der Waals surface area contributed by atoms with Crippen molar-refractivity contribution in [2.75, 3.05) is 5.32 Å². The van der Waals surface area contributed by atoms with Gasteiger partial charge >= 0.3 is 0 Å². The molecule has 0 atom stereocenters. The molecule has 3 heterocycles. The number of pyridine rings is 1. The second-order valence-corrected chi connectivity index (χ2v) is 8.62. The Bertz CT molecular complexity index is 1250. The van der Waals surface area contributed by atoms with Crippen LogP contribution in [0, 0.1) is 11.3 Å². The van der Waals surface area contributed by atoms with E-state index in [1.165, 1.54) is 36.3 Å². The highest BCUT2D eigenvalue weighted by Crippen LogP contribution is 2.47. The number of rotatable bonds is 5. The fourth-order valence-corrected chi connectivity index (χ4v) is 5.21. The van der Waals surface area contributed by atoms with E-state index in [1.54, 1.807) is 30.5 Å². The molecular weight excluding hydrogens is 440 g/mol. The molecule has 1 amide bonds. The zero-order valence-electron chi connectivity index (χ0n) is 15.5. The Morgan fingerprint density at radius 1 is 1.27 bits per heavy atom. The molecule has 0 saturated heterocycles. The first-order valence-electron chi connectivity index (χ1n) is 8.66. The van der Waals surface area contributed by atoms with Crippen molar-refractivity contribution in [1.82, 2.24) is 20.2 Å². The number of hydrogen-bond acceptors (Lipinski definition) is 7. The maximum atomic E-state index is 11.4. The number of amides is 1. The second kappa shape index (κ2) is 8.67. The fourth-order valence-electron chi connectivity index (χ4n) is 2.73. The van der Waals surface area contributed by atoms with Gasteiger partial charge in [-0.25, -0.2) is 4.98 Å². The normalized spacial score (nSPS) is 10.6. The third-order valence-corrected chi connectivity index (χ3v) is 6.71. The first-order valence-corrected chi connectivity index (χ1v) is 10.7. The van der Waals surface area contributed by atoms with Gasteiger partial charge in [-0.1, -0.05) is 23.4 Å². The molecule has 3 aromatic heterocycles. The molecule has 4 rings (SSSR count). The van der Waals surface area contributed by atoms with Crippen LogP contribution in [0.3, 0.4) is 0 Å². The quantitative estimate of drug-likeness (QED) is 0.429. The maximum Gasteiger partial charge on any atom is 0.222 e. The Kier molecular flexibility index (Phi) is 5.81. The van der Waals surface area contributed by atoms with E-state index in [4.69, 9.17) is 11.6 Å². The minimum Gasteiger partial charge on any atom is -0.327 e. The summed E-state index contributed by atoms with van der Waals surface area (Å²) in [6.07, 6.45) is 3.10. The monoisotopic (exact) mass is 452 g/mol. The molecule has 0 bridgehead atoms. The Labute approximate surface area is 185 Å². The van der Waals surface area contributed by atoms with E-state index in [2.05, 4.69) is 31.6 Å². The van der Waals surface area contributed by atoms with Crippen LogP contribution in [-0.4, -0.2) is 26.1 Å². The van der Waals surface area contributed by atoms with Crippen LogP contribution in [0.5, 0.6) is 0 Å². The number of nitrogens with one attached hydrogen (secondary N) is 2. The third-order valence-electron chi connectivity index (χ3n) is 3.97. The summed E-state index contributed by atoms with van der Waals surface area (Å²) in [6.45, 7) is 1.42. The van der Waals surface area contributed by atoms with Gasteiger partial charge in [0.1, 0.15) is 18.2 Å². The molecule has 1 aromatic carbocycles. The lowest BCUT2D eigenvalue weighted by Crippen LogP contribution is -2.07. The number of anilines is 1. The van der Waals surface area contributed by atoms with Crippen molar-refractivity contribution in [3.8, 4) is 27.2 Å². The van der Waals surface area contributed by atoms with Crippen molar-refractivity contribution in [3.63, 3.8) is 0 Å². The Morgan fingerprint density at radius 3 is 2.73 bits per heavy atom. The van der Waals surface area contributed by atoms with Gasteiger partial charge in [0.15, 0.2) is 5.82 Å². The fraction of sp³-hybridized carbons (Fsp3) is 0.0500. The average Bonchev–Trinajstić information content (AvgIpc) is 3.37. The molecule has 0 fully saturated rings. The number of carbonyl (C=O) groups is 1. The molecule has 10 heteroatoms. The lowest BCUT2D eigenvalue weighted by Gasteiger charge is -2.05. The maximum absolute atomic E-state index is 11.4. The number of hydrogen-bond donors (Lipinski definition) is 2. The van der Waals surface area contributed by atoms with E-state index < -0.39 is 0 Å². The molecule has 0 radical (unpaired) electrons. The minimum atomic E-state index is -0.215. The largest absolute Gasteiger partial charge is 0.327 e. The number of H-pyrrole nitrogens is 1. The number of aromatic nitrogens is 4. The van der Waals surface area contributed by atoms with Crippen LogP contribution in [0.1, 0.15) is 12.5 Å². The van der Waals surface area contributed by atoms with E-state index in [0.29, 0.717) is 22.2 Å². The van der Waals surface area contributed by atoms with E-state index in [1.807, 2.05) is 12.1 Å². The molecule has 7 nitrogen and oxygen atoms in total. The number of nitriles is 1. The number of carbonyl (C=O) groups excluding carboxylic acids is 1.